The van der Waals surface area contributed by atoms with Crippen LogP contribution in [0.1, 0.15) is 19.3 Å². The molecule has 66 valence electrons. The lowest BCUT2D eigenvalue weighted by atomic mass is 9.90. The number of hydrogen-bond donors (Lipinski definition) is 2. The fourth-order valence-corrected chi connectivity index (χ4v) is 2.36. The first-order valence-corrected chi connectivity index (χ1v) is 4.25. The monoisotopic (exact) mass is 177 g/mol. The van der Waals surface area contributed by atoms with E-state index in [2.05, 4.69) is 5.32 Å². The van der Waals surface area contributed by atoms with E-state index in [1.54, 1.807) is 0 Å². The van der Waals surface area contributed by atoms with E-state index in [4.69, 9.17) is 0 Å². The third-order valence-corrected chi connectivity index (χ3v) is 2.91. The van der Waals surface area contributed by atoms with Crippen LogP contribution in [0, 0.1) is 11.8 Å². The van der Waals surface area contributed by atoms with Gasteiger partial charge in [0.15, 0.2) is 0 Å². The van der Waals surface area contributed by atoms with Crippen molar-refractivity contribution >= 4 is 12.4 Å². The van der Waals surface area contributed by atoms with Crippen molar-refractivity contribution in [3.63, 3.8) is 0 Å². The molecule has 0 amide bonds. The summed E-state index contributed by atoms with van der Waals surface area (Å²) in [6, 6.07) is 0. The number of nitrogens with one attached hydrogen (secondary N) is 1. The summed E-state index contributed by atoms with van der Waals surface area (Å²) in [5.41, 5.74) is 0. The predicted molar refractivity (Wildman–Crippen MR) is 47.0 cm³/mol. The maximum Gasteiger partial charge on any atom is 0.0546 e. The van der Waals surface area contributed by atoms with Gasteiger partial charge in [-0.1, -0.05) is 0 Å². The minimum Gasteiger partial charge on any atom is -0.393 e. The molecule has 1 aliphatic carbocycles. The van der Waals surface area contributed by atoms with Gasteiger partial charge < -0.3 is 10.4 Å². The Morgan fingerprint density at radius 2 is 1.91 bits per heavy atom. The van der Waals surface area contributed by atoms with Crippen molar-refractivity contribution in [2.24, 2.45) is 11.8 Å². The first-order chi connectivity index (χ1) is 4.86. The normalized spacial score (nSPS) is 42.8. The van der Waals surface area contributed by atoms with Crippen LogP contribution in [0.5, 0.6) is 0 Å². The number of aliphatic hydroxyl groups is 1. The van der Waals surface area contributed by atoms with E-state index >= 15 is 0 Å². The number of piperidine rings is 1. The number of halogens is 1. The molecule has 0 spiro atoms. The van der Waals surface area contributed by atoms with Crippen LogP contribution in [-0.2, 0) is 0 Å². The van der Waals surface area contributed by atoms with Crippen molar-refractivity contribution in [3.05, 3.63) is 0 Å². The summed E-state index contributed by atoms with van der Waals surface area (Å²) in [7, 11) is 0. The summed E-state index contributed by atoms with van der Waals surface area (Å²) >= 11 is 0. The van der Waals surface area contributed by atoms with Crippen LogP contribution >= 0.6 is 12.4 Å². The van der Waals surface area contributed by atoms with Crippen molar-refractivity contribution in [1.82, 2.24) is 5.32 Å². The Morgan fingerprint density at radius 3 is 2.64 bits per heavy atom. The van der Waals surface area contributed by atoms with Crippen LogP contribution in [-0.4, -0.2) is 24.3 Å². The molecule has 0 bridgehead atoms. The van der Waals surface area contributed by atoms with Crippen molar-refractivity contribution in [2.45, 2.75) is 25.4 Å². The van der Waals surface area contributed by atoms with Crippen LogP contribution in [0.2, 0.25) is 0 Å². The molecule has 1 heterocycles. The maximum atomic E-state index is 9.33. The molecule has 2 nitrogen and oxygen atoms in total. The molecule has 2 N–H and O–H groups in total. The number of rotatable bonds is 0. The SMILES string of the molecule is Cl.OC1CC2CCNCC2C1. The third kappa shape index (κ3) is 1.86. The lowest BCUT2D eigenvalue weighted by Crippen LogP contribution is -2.33. The highest BCUT2D eigenvalue weighted by Crippen LogP contribution is 2.35. The van der Waals surface area contributed by atoms with E-state index < -0.39 is 0 Å². The van der Waals surface area contributed by atoms with Gasteiger partial charge in [-0.2, -0.15) is 0 Å². The topological polar surface area (TPSA) is 32.3 Å². The highest BCUT2D eigenvalue weighted by molar-refractivity contribution is 5.85. The summed E-state index contributed by atoms with van der Waals surface area (Å²) in [6.45, 7) is 2.30. The molecule has 11 heavy (non-hydrogen) atoms. The molecule has 1 saturated carbocycles. The van der Waals surface area contributed by atoms with Gasteiger partial charge in [0, 0.05) is 0 Å². The van der Waals surface area contributed by atoms with Crippen molar-refractivity contribution in [2.75, 3.05) is 13.1 Å². The van der Waals surface area contributed by atoms with Crippen molar-refractivity contribution in [1.29, 1.82) is 0 Å². The highest BCUT2D eigenvalue weighted by Gasteiger charge is 2.34. The molecule has 0 radical (unpaired) electrons. The zero-order valence-electron chi connectivity index (χ0n) is 6.62. The first-order valence-electron chi connectivity index (χ1n) is 4.25. The van der Waals surface area contributed by atoms with Gasteiger partial charge in [-0.25, -0.2) is 0 Å². The van der Waals surface area contributed by atoms with E-state index in [9.17, 15) is 5.11 Å². The van der Waals surface area contributed by atoms with Crippen molar-refractivity contribution < 1.29 is 5.11 Å². The lowest BCUT2D eigenvalue weighted by Gasteiger charge is -2.25. The molecule has 0 aromatic rings. The van der Waals surface area contributed by atoms with E-state index in [0.717, 1.165) is 37.8 Å². The minimum absolute atomic E-state index is 0. The first kappa shape index (κ1) is 9.30. The second kappa shape index (κ2) is 3.74. The summed E-state index contributed by atoms with van der Waals surface area (Å²) < 4.78 is 0. The van der Waals surface area contributed by atoms with E-state index in [0.29, 0.717) is 0 Å². The Balaban J connectivity index is 0.000000605. The summed E-state index contributed by atoms with van der Waals surface area (Å²) in [4.78, 5) is 0. The van der Waals surface area contributed by atoms with E-state index in [-0.39, 0.29) is 18.5 Å². The largest absolute Gasteiger partial charge is 0.393 e. The number of aliphatic hydroxyl groups excluding tert-OH is 1. The van der Waals surface area contributed by atoms with Gasteiger partial charge >= 0.3 is 0 Å². The Hall–Kier alpha value is 0.210. The molecule has 2 fully saturated rings. The smallest absolute Gasteiger partial charge is 0.0546 e. The van der Waals surface area contributed by atoms with Crippen LogP contribution in [0.25, 0.3) is 0 Å². The van der Waals surface area contributed by atoms with E-state index in [1.165, 1.54) is 6.42 Å². The van der Waals surface area contributed by atoms with Gasteiger partial charge in [0.2, 0.25) is 0 Å². The Labute approximate surface area is 73.8 Å². The Morgan fingerprint density at radius 1 is 1.18 bits per heavy atom. The zero-order valence-corrected chi connectivity index (χ0v) is 7.44. The third-order valence-electron chi connectivity index (χ3n) is 2.91. The molecule has 1 aliphatic heterocycles. The van der Waals surface area contributed by atoms with Gasteiger partial charge in [-0.15, -0.1) is 12.4 Å². The molecular weight excluding hydrogens is 162 g/mol. The molecular formula is C8H16ClNO. The zero-order chi connectivity index (χ0) is 6.97. The van der Waals surface area contributed by atoms with Gasteiger partial charge in [0.25, 0.3) is 0 Å². The molecule has 2 rings (SSSR count). The molecule has 0 aromatic carbocycles. The van der Waals surface area contributed by atoms with Gasteiger partial charge in [-0.3, -0.25) is 0 Å². The molecule has 0 aromatic heterocycles. The number of fused-ring (bicyclic) bond motifs is 1. The summed E-state index contributed by atoms with van der Waals surface area (Å²) in [5, 5.41) is 12.7. The fraction of sp³-hybridized carbons (Fsp3) is 1.00. The van der Waals surface area contributed by atoms with Crippen LogP contribution in [0.15, 0.2) is 0 Å². The quantitative estimate of drug-likeness (QED) is 0.574. The Kier molecular flexibility index (Phi) is 3.16. The van der Waals surface area contributed by atoms with E-state index in [1.807, 2.05) is 0 Å². The van der Waals surface area contributed by atoms with Gasteiger partial charge in [-0.05, 0) is 44.2 Å². The standard InChI is InChI=1S/C8H15NO.ClH/c10-8-3-6-1-2-9-5-7(6)4-8;/h6-10H,1-5H2;1H. The number of hydrogen-bond acceptors (Lipinski definition) is 2. The average molecular weight is 178 g/mol. The molecule has 1 saturated heterocycles. The van der Waals surface area contributed by atoms with Gasteiger partial charge in [0.05, 0.1) is 6.10 Å². The van der Waals surface area contributed by atoms with Crippen LogP contribution in [0.3, 0.4) is 0 Å². The average Bonchev–Trinajstić information content (AvgIpc) is 2.27. The summed E-state index contributed by atoms with van der Waals surface area (Å²) in [6.07, 6.45) is 3.39. The Bertz CT molecular complexity index is 117. The fourth-order valence-electron chi connectivity index (χ4n) is 2.36. The van der Waals surface area contributed by atoms with Gasteiger partial charge in [0.1, 0.15) is 0 Å². The highest BCUT2D eigenvalue weighted by atomic mass is 35.5. The lowest BCUT2D eigenvalue weighted by molar-refractivity contribution is 0.176. The summed E-state index contributed by atoms with van der Waals surface area (Å²) in [5.74, 6) is 1.61. The maximum absolute atomic E-state index is 9.33. The minimum atomic E-state index is 0. The molecule has 3 heteroatoms. The molecule has 2 aliphatic rings. The van der Waals surface area contributed by atoms with Crippen LogP contribution < -0.4 is 5.32 Å². The molecule has 3 atom stereocenters. The second-order valence-electron chi connectivity index (χ2n) is 3.64. The molecule has 3 unspecified atom stereocenters. The second-order valence-corrected chi connectivity index (χ2v) is 3.64. The predicted octanol–water partition coefficient (Wildman–Crippen LogP) is 0.789. The van der Waals surface area contributed by atoms with Crippen LogP contribution in [0.4, 0.5) is 0 Å². The van der Waals surface area contributed by atoms with Crippen molar-refractivity contribution in [3.8, 4) is 0 Å².